The number of methoxy groups -OCH3 is 1. The fraction of sp³-hybridized carbons (Fsp3) is 0.542. The highest BCUT2D eigenvalue weighted by Gasteiger charge is 2.29. The van der Waals surface area contributed by atoms with Gasteiger partial charge in [0.2, 0.25) is 0 Å². The highest BCUT2D eigenvalue weighted by molar-refractivity contribution is 5.83. The number of fused-ring (bicyclic) bond motifs is 1. The molecule has 1 saturated carbocycles. The molecule has 1 N–H and O–H groups in total. The molecular formula is C24H32N2O6. The zero-order valence-electron chi connectivity index (χ0n) is 19.2. The van der Waals surface area contributed by atoms with Gasteiger partial charge >= 0.3 is 12.1 Å². The van der Waals surface area contributed by atoms with Crippen molar-refractivity contribution in [1.82, 2.24) is 10.3 Å². The van der Waals surface area contributed by atoms with Gasteiger partial charge in [-0.1, -0.05) is 6.07 Å². The molecule has 1 heterocycles. The fourth-order valence-electron chi connectivity index (χ4n) is 3.59. The van der Waals surface area contributed by atoms with Gasteiger partial charge in [-0.25, -0.2) is 9.59 Å². The van der Waals surface area contributed by atoms with Gasteiger partial charge in [0.25, 0.3) is 0 Å². The number of benzene rings is 1. The van der Waals surface area contributed by atoms with Crippen LogP contribution in [0.5, 0.6) is 11.5 Å². The van der Waals surface area contributed by atoms with E-state index in [1.807, 2.05) is 18.2 Å². The van der Waals surface area contributed by atoms with Crippen molar-refractivity contribution in [2.75, 3.05) is 13.7 Å². The lowest BCUT2D eigenvalue weighted by Crippen LogP contribution is -2.45. The van der Waals surface area contributed by atoms with Crippen LogP contribution in [0.15, 0.2) is 30.5 Å². The van der Waals surface area contributed by atoms with Crippen LogP contribution in [-0.4, -0.2) is 48.5 Å². The molecule has 0 aliphatic heterocycles. The second kappa shape index (κ2) is 10.5. The fourth-order valence-corrected chi connectivity index (χ4v) is 3.59. The molecule has 3 rings (SSSR count). The molecule has 0 spiro atoms. The van der Waals surface area contributed by atoms with Crippen molar-refractivity contribution >= 4 is 23.0 Å². The molecule has 1 amide bonds. The standard InChI is InChI=1S/C24H32N2O6/c1-24(2,3)32-23(28)26-18(22(27)31-17-9-5-6-10-17)11-13-30-21-14-16-8-7-12-25-19(16)15-20(21)29-4/h7-8,12,14-15,17-18H,5-6,9-11,13H2,1-4H3,(H,26,28)/t18-/m0/s1. The summed E-state index contributed by atoms with van der Waals surface area (Å²) in [4.78, 5) is 29.4. The molecule has 1 fully saturated rings. The number of alkyl carbamates (subject to hydrolysis) is 1. The summed E-state index contributed by atoms with van der Waals surface area (Å²) in [6, 6.07) is 6.54. The maximum atomic E-state index is 12.8. The Balaban J connectivity index is 1.66. The number of pyridine rings is 1. The number of hydrogen-bond donors (Lipinski definition) is 1. The summed E-state index contributed by atoms with van der Waals surface area (Å²) in [5.74, 6) is 0.607. The predicted octanol–water partition coefficient (Wildman–Crippen LogP) is 4.39. The van der Waals surface area contributed by atoms with E-state index in [9.17, 15) is 9.59 Å². The number of aromatic nitrogens is 1. The molecule has 32 heavy (non-hydrogen) atoms. The molecule has 1 aromatic heterocycles. The molecule has 8 heteroatoms. The monoisotopic (exact) mass is 444 g/mol. The van der Waals surface area contributed by atoms with E-state index in [0.29, 0.717) is 11.5 Å². The van der Waals surface area contributed by atoms with Gasteiger partial charge in [0.1, 0.15) is 17.7 Å². The number of ether oxygens (including phenoxy) is 4. The van der Waals surface area contributed by atoms with Crippen LogP contribution in [-0.2, 0) is 14.3 Å². The van der Waals surface area contributed by atoms with E-state index in [1.165, 1.54) is 0 Å². The topological polar surface area (TPSA) is 96.0 Å². The summed E-state index contributed by atoms with van der Waals surface area (Å²) < 4.78 is 22.3. The highest BCUT2D eigenvalue weighted by Crippen LogP contribution is 2.31. The largest absolute Gasteiger partial charge is 0.493 e. The van der Waals surface area contributed by atoms with E-state index in [2.05, 4.69) is 10.3 Å². The number of carbonyl (C=O) groups excluding carboxylic acids is 2. The molecule has 174 valence electrons. The Hall–Kier alpha value is -3.03. The van der Waals surface area contributed by atoms with Crippen LogP contribution in [0.1, 0.15) is 52.9 Å². The highest BCUT2D eigenvalue weighted by atomic mass is 16.6. The third-order valence-electron chi connectivity index (χ3n) is 5.11. The zero-order valence-corrected chi connectivity index (χ0v) is 19.2. The lowest BCUT2D eigenvalue weighted by atomic mass is 10.2. The molecule has 1 atom stereocenters. The van der Waals surface area contributed by atoms with Crippen molar-refractivity contribution in [3.63, 3.8) is 0 Å². The van der Waals surface area contributed by atoms with Crippen LogP contribution in [0.2, 0.25) is 0 Å². The van der Waals surface area contributed by atoms with E-state index >= 15 is 0 Å². The third-order valence-corrected chi connectivity index (χ3v) is 5.11. The molecule has 0 bridgehead atoms. The predicted molar refractivity (Wildman–Crippen MR) is 120 cm³/mol. The van der Waals surface area contributed by atoms with Gasteiger partial charge in [0, 0.05) is 24.1 Å². The molecule has 0 unspecified atom stereocenters. The summed E-state index contributed by atoms with van der Waals surface area (Å²) >= 11 is 0. The van der Waals surface area contributed by atoms with Gasteiger partial charge in [-0.05, 0) is 58.6 Å². The van der Waals surface area contributed by atoms with Crippen molar-refractivity contribution in [3.8, 4) is 11.5 Å². The molecule has 2 aromatic rings. The summed E-state index contributed by atoms with van der Waals surface area (Å²) in [6.45, 7) is 5.47. The van der Waals surface area contributed by atoms with Crippen molar-refractivity contribution in [3.05, 3.63) is 30.5 Å². The average molecular weight is 445 g/mol. The minimum Gasteiger partial charge on any atom is -0.493 e. The molecule has 1 aromatic carbocycles. The number of amides is 1. The maximum absolute atomic E-state index is 12.8. The quantitative estimate of drug-likeness (QED) is 0.603. The van der Waals surface area contributed by atoms with Gasteiger partial charge in [-0.15, -0.1) is 0 Å². The van der Waals surface area contributed by atoms with Crippen molar-refractivity contribution in [2.45, 2.75) is 70.6 Å². The van der Waals surface area contributed by atoms with Crippen LogP contribution in [0.3, 0.4) is 0 Å². The van der Waals surface area contributed by atoms with Crippen LogP contribution < -0.4 is 14.8 Å². The second-order valence-corrected chi connectivity index (χ2v) is 8.88. The van der Waals surface area contributed by atoms with Gasteiger partial charge in [0.15, 0.2) is 11.5 Å². The molecule has 8 nitrogen and oxygen atoms in total. The van der Waals surface area contributed by atoms with Crippen LogP contribution in [0, 0.1) is 0 Å². The summed E-state index contributed by atoms with van der Waals surface area (Å²) in [7, 11) is 1.56. The molecule has 1 aliphatic rings. The normalized spacial score (nSPS) is 15.2. The Bertz CT molecular complexity index is 934. The Morgan fingerprint density at radius 3 is 2.62 bits per heavy atom. The number of nitrogens with one attached hydrogen (secondary N) is 1. The van der Waals surface area contributed by atoms with Gasteiger partial charge in [0.05, 0.1) is 19.2 Å². The summed E-state index contributed by atoms with van der Waals surface area (Å²) in [5.41, 5.74) is 0.119. The number of nitrogens with zero attached hydrogens (tertiary/aromatic N) is 1. The van der Waals surface area contributed by atoms with Gasteiger partial charge in [-0.3, -0.25) is 4.98 Å². The van der Waals surface area contributed by atoms with Gasteiger partial charge < -0.3 is 24.3 Å². The first-order chi connectivity index (χ1) is 15.2. The van der Waals surface area contributed by atoms with Crippen molar-refractivity contribution < 1.29 is 28.5 Å². The average Bonchev–Trinajstić information content (AvgIpc) is 3.24. The number of hydrogen-bond acceptors (Lipinski definition) is 7. The molecule has 1 aliphatic carbocycles. The minimum atomic E-state index is -0.876. The Labute approximate surface area is 188 Å². The Morgan fingerprint density at radius 2 is 1.94 bits per heavy atom. The lowest BCUT2D eigenvalue weighted by molar-refractivity contribution is -0.151. The van der Waals surface area contributed by atoms with E-state index in [4.69, 9.17) is 18.9 Å². The molecular weight excluding hydrogens is 412 g/mol. The lowest BCUT2D eigenvalue weighted by Gasteiger charge is -2.24. The molecule has 0 radical (unpaired) electrons. The summed E-state index contributed by atoms with van der Waals surface area (Å²) in [6.07, 6.45) is 4.96. The zero-order chi connectivity index (χ0) is 23.1. The van der Waals surface area contributed by atoms with Crippen LogP contribution in [0.4, 0.5) is 4.79 Å². The third kappa shape index (κ3) is 6.73. The first-order valence-corrected chi connectivity index (χ1v) is 11.0. The van der Waals surface area contributed by atoms with E-state index in [-0.39, 0.29) is 19.1 Å². The van der Waals surface area contributed by atoms with E-state index < -0.39 is 23.7 Å². The SMILES string of the molecule is COc1cc2ncccc2cc1OCC[C@H](NC(=O)OC(C)(C)C)C(=O)OC1CCCC1. The number of rotatable bonds is 8. The minimum absolute atomic E-state index is 0.0977. The number of carbonyl (C=O) groups is 2. The first-order valence-electron chi connectivity index (χ1n) is 11.0. The Kier molecular flexibility index (Phi) is 7.77. The molecule has 0 saturated heterocycles. The number of esters is 1. The second-order valence-electron chi connectivity index (χ2n) is 8.88. The van der Waals surface area contributed by atoms with E-state index in [1.54, 1.807) is 40.1 Å². The van der Waals surface area contributed by atoms with E-state index in [0.717, 1.165) is 36.6 Å². The van der Waals surface area contributed by atoms with Crippen molar-refractivity contribution in [1.29, 1.82) is 0 Å². The smallest absolute Gasteiger partial charge is 0.408 e. The first kappa shape index (κ1) is 23.6. The van der Waals surface area contributed by atoms with Gasteiger partial charge in [-0.2, -0.15) is 0 Å². The Morgan fingerprint density at radius 1 is 1.19 bits per heavy atom. The maximum Gasteiger partial charge on any atom is 0.408 e. The van der Waals surface area contributed by atoms with Crippen LogP contribution >= 0.6 is 0 Å². The van der Waals surface area contributed by atoms with Crippen LogP contribution in [0.25, 0.3) is 10.9 Å². The van der Waals surface area contributed by atoms with Crippen molar-refractivity contribution in [2.24, 2.45) is 0 Å². The summed E-state index contributed by atoms with van der Waals surface area (Å²) in [5, 5.41) is 3.54.